The van der Waals surface area contributed by atoms with E-state index < -0.39 is 0 Å². The second-order valence-electron chi connectivity index (χ2n) is 5.77. The van der Waals surface area contributed by atoms with Gasteiger partial charge in [-0.05, 0) is 36.5 Å². The lowest BCUT2D eigenvalue weighted by atomic mass is 10.2. The predicted molar refractivity (Wildman–Crippen MR) is 110 cm³/mol. The molecule has 3 aromatic rings. The molecule has 136 valence electrons. The first-order chi connectivity index (χ1) is 12.7. The minimum absolute atomic E-state index is 0.661. The Kier molecular flexibility index (Phi) is 6.38. The van der Waals surface area contributed by atoms with Crippen molar-refractivity contribution in [1.82, 2.24) is 14.7 Å². The van der Waals surface area contributed by atoms with Gasteiger partial charge < -0.3 is 10.1 Å². The number of para-hydroxylation sites is 2. The minimum atomic E-state index is 0.661. The highest BCUT2D eigenvalue weighted by Gasteiger charge is 2.10. The van der Waals surface area contributed by atoms with Crippen molar-refractivity contribution in [3.8, 4) is 5.75 Å². The fraction of sp³-hybridized carbons (Fsp3) is 0.263. The van der Waals surface area contributed by atoms with Gasteiger partial charge in [-0.1, -0.05) is 60.7 Å². The molecule has 1 aromatic heterocycles. The maximum atomic E-state index is 5.50. The third-order valence-electron chi connectivity index (χ3n) is 3.99. The SMILES string of the molecule is CCN(Cc1ccccc1)Cn1nc(Nc2ccccc2OC)sc1=S. The van der Waals surface area contributed by atoms with Crippen molar-refractivity contribution in [2.75, 3.05) is 19.0 Å². The number of anilines is 2. The van der Waals surface area contributed by atoms with Crippen molar-refractivity contribution < 1.29 is 4.74 Å². The summed E-state index contributed by atoms with van der Waals surface area (Å²) in [7, 11) is 1.66. The number of methoxy groups -OCH3 is 1. The average molecular weight is 387 g/mol. The van der Waals surface area contributed by atoms with Gasteiger partial charge in [0, 0.05) is 6.54 Å². The zero-order valence-corrected chi connectivity index (χ0v) is 16.5. The van der Waals surface area contributed by atoms with Gasteiger partial charge >= 0.3 is 0 Å². The molecule has 7 heteroatoms. The Morgan fingerprint density at radius 1 is 1.15 bits per heavy atom. The summed E-state index contributed by atoms with van der Waals surface area (Å²) in [5.74, 6) is 0.777. The Labute approximate surface area is 162 Å². The summed E-state index contributed by atoms with van der Waals surface area (Å²) in [6, 6.07) is 18.2. The van der Waals surface area contributed by atoms with Crippen LogP contribution < -0.4 is 10.1 Å². The normalized spacial score (nSPS) is 10.9. The van der Waals surface area contributed by atoms with E-state index in [9.17, 15) is 0 Å². The summed E-state index contributed by atoms with van der Waals surface area (Å²) in [4.78, 5) is 2.30. The predicted octanol–water partition coefficient (Wildman–Crippen LogP) is 4.91. The molecule has 0 amide bonds. The zero-order valence-electron chi connectivity index (χ0n) is 14.9. The number of benzene rings is 2. The fourth-order valence-corrected chi connectivity index (χ4v) is 3.61. The first kappa shape index (κ1) is 18.6. The van der Waals surface area contributed by atoms with Crippen LogP contribution in [0.3, 0.4) is 0 Å². The molecule has 0 bridgehead atoms. The van der Waals surface area contributed by atoms with Gasteiger partial charge in [0.15, 0.2) is 3.95 Å². The molecule has 2 aromatic carbocycles. The summed E-state index contributed by atoms with van der Waals surface area (Å²) in [6.45, 7) is 4.59. The van der Waals surface area contributed by atoms with Gasteiger partial charge in [0.2, 0.25) is 5.13 Å². The van der Waals surface area contributed by atoms with Crippen molar-refractivity contribution in [2.45, 2.75) is 20.1 Å². The zero-order chi connectivity index (χ0) is 18.4. The molecular weight excluding hydrogens is 364 g/mol. The Morgan fingerprint density at radius 2 is 1.88 bits per heavy atom. The summed E-state index contributed by atoms with van der Waals surface area (Å²) < 4.78 is 7.99. The molecule has 0 fully saturated rings. The Hall–Kier alpha value is -2.22. The number of ether oxygens (including phenoxy) is 1. The molecule has 0 radical (unpaired) electrons. The van der Waals surface area contributed by atoms with Crippen LogP contribution in [-0.2, 0) is 13.2 Å². The van der Waals surface area contributed by atoms with E-state index in [2.05, 4.69) is 46.5 Å². The number of nitrogens with zero attached hydrogens (tertiary/aromatic N) is 3. The number of hydrogen-bond acceptors (Lipinski definition) is 6. The minimum Gasteiger partial charge on any atom is -0.495 e. The van der Waals surface area contributed by atoms with Crippen LogP contribution in [0.25, 0.3) is 0 Å². The molecule has 0 aliphatic carbocycles. The van der Waals surface area contributed by atoms with E-state index in [0.717, 1.165) is 33.6 Å². The molecule has 0 aliphatic heterocycles. The van der Waals surface area contributed by atoms with Crippen molar-refractivity contribution >= 4 is 34.4 Å². The van der Waals surface area contributed by atoms with Gasteiger partial charge in [-0.3, -0.25) is 4.90 Å². The van der Waals surface area contributed by atoms with Gasteiger partial charge in [-0.15, -0.1) is 5.10 Å². The van der Waals surface area contributed by atoms with E-state index in [-0.39, 0.29) is 0 Å². The third kappa shape index (κ3) is 4.69. The third-order valence-corrected chi connectivity index (χ3v) is 5.21. The van der Waals surface area contributed by atoms with Gasteiger partial charge in [-0.2, -0.15) is 0 Å². The van der Waals surface area contributed by atoms with Crippen LogP contribution in [0, 0.1) is 3.95 Å². The van der Waals surface area contributed by atoms with Crippen molar-refractivity contribution in [3.63, 3.8) is 0 Å². The van der Waals surface area contributed by atoms with E-state index in [4.69, 9.17) is 17.0 Å². The van der Waals surface area contributed by atoms with Crippen molar-refractivity contribution in [3.05, 3.63) is 64.1 Å². The molecule has 5 nitrogen and oxygen atoms in total. The van der Waals surface area contributed by atoms with Crippen LogP contribution in [0.5, 0.6) is 5.75 Å². The van der Waals surface area contributed by atoms with Crippen LogP contribution in [0.4, 0.5) is 10.8 Å². The average Bonchev–Trinajstić information content (AvgIpc) is 3.01. The number of rotatable bonds is 8. The highest BCUT2D eigenvalue weighted by Crippen LogP contribution is 2.28. The quantitative estimate of drug-likeness (QED) is 0.558. The largest absolute Gasteiger partial charge is 0.495 e. The molecule has 0 saturated heterocycles. The Morgan fingerprint density at radius 3 is 2.62 bits per heavy atom. The van der Waals surface area contributed by atoms with E-state index in [0.29, 0.717) is 6.67 Å². The molecule has 0 atom stereocenters. The van der Waals surface area contributed by atoms with Crippen LogP contribution in [0.15, 0.2) is 54.6 Å². The highest BCUT2D eigenvalue weighted by atomic mass is 32.1. The van der Waals surface area contributed by atoms with E-state index >= 15 is 0 Å². The smallest absolute Gasteiger partial charge is 0.209 e. The Balaban J connectivity index is 1.72. The van der Waals surface area contributed by atoms with Gasteiger partial charge in [0.1, 0.15) is 5.75 Å². The fourth-order valence-electron chi connectivity index (χ4n) is 2.60. The van der Waals surface area contributed by atoms with Crippen LogP contribution in [-0.4, -0.2) is 28.3 Å². The molecule has 0 aliphatic rings. The first-order valence-electron chi connectivity index (χ1n) is 8.44. The highest BCUT2D eigenvalue weighted by molar-refractivity contribution is 7.73. The van der Waals surface area contributed by atoms with Gasteiger partial charge in [0.05, 0.1) is 19.5 Å². The second kappa shape index (κ2) is 8.93. The van der Waals surface area contributed by atoms with E-state index in [1.165, 1.54) is 16.9 Å². The number of nitrogens with one attached hydrogen (secondary N) is 1. The molecule has 0 saturated carbocycles. The summed E-state index contributed by atoms with van der Waals surface area (Å²) in [5, 5.41) is 8.69. The lowest BCUT2D eigenvalue weighted by Gasteiger charge is -2.20. The number of aromatic nitrogens is 2. The van der Waals surface area contributed by atoms with Crippen LogP contribution >= 0.6 is 23.6 Å². The lowest BCUT2D eigenvalue weighted by molar-refractivity contribution is 0.208. The standard InChI is InChI=1S/C19H22N4OS2/c1-3-22(13-15-9-5-4-6-10-15)14-23-19(25)26-18(21-23)20-16-11-7-8-12-17(16)24-2/h4-12H,3,13-14H2,1-2H3,(H,20,21). The lowest BCUT2D eigenvalue weighted by Crippen LogP contribution is -2.26. The molecule has 1 N–H and O–H groups in total. The molecule has 0 spiro atoms. The van der Waals surface area contributed by atoms with Gasteiger partial charge in [-0.25, -0.2) is 4.68 Å². The van der Waals surface area contributed by atoms with Crippen LogP contribution in [0.1, 0.15) is 12.5 Å². The summed E-state index contributed by atoms with van der Waals surface area (Å²) in [5.41, 5.74) is 2.16. The maximum absolute atomic E-state index is 5.50. The molecule has 0 unspecified atom stereocenters. The monoisotopic (exact) mass is 386 g/mol. The van der Waals surface area contributed by atoms with Gasteiger partial charge in [0.25, 0.3) is 0 Å². The van der Waals surface area contributed by atoms with Crippen molar-refractivity contribution in [1.29, 1.82) is 0 Å². The molecule has 1 heterocycles. The first-order valence-corrected chi connectivity index (χ1v) is 9.66. The summed E-state index contributed by atoms with van der Waals surface area (Å²) in [6.07, 6.45) is 0. The molecular formula is C19H22N4OS2. The Bertz CT molecular complexity index is 892. The summed E-state index contributed by atoms with van der Waals surface area (Å²) >= 11 is 6.96. The second-order valence-corrected chi connectivity index (χ2v) is 7.39. The molecule has 3 rings (SSSR count). The van der Waals surface area contributed by atoms with E-state index in [1.807, 2.05) is 35.0 Å². The van der Waals surface area contributed by atoms with E-state index in [1.54, 1.807) is 7.11 Å². The topological polar surface area (TPSA) is 42.3 Å². The number of hydrogen-bond donors (Lipinski definition) is 1. The van der Waals surface area contributed by atoms with Crippen molar-refractivity contribution in [2.24, 2.45) is 0 Å². The van der Waals surface area contributed by atoms with Crippen LogP contribution in [0.2, 0.25) is 0 Å². The maximum Gasteiger partial charge on any atom is 0.209 e. The molecule has 26 heavy (non-hydrogen) atoms.